The third-order valence-electron chi connectivity index (χ3n) is 5.06. The van der Waals surface area contributed by atoms with Crippen LogP contribution in [0.2, 0.25) is 0 Å². The van der Waals surface area contributed by atoms with Gasteiger partial charge in [0.15, 0.2) is 11.5 Å². The predicted octanol–water partition coefficient (Wildman–Crippen LogP) is 1.76. The van der Waals surface area contributed by atoms with Crippen LogP contribution in [-0.2, 0) is 0 Å². The normalized spacial score (nSPS) is 19.8. The van der Waals surface area contributed by atoms with E-state index in [0.717, 1.165) is 25.9 Å². The number of carbonyl (C=O) groups excluding carboxylic acids is 1. The van der Waals surface area contributed by atoms with Crippen molar-refractivity contribution >= 4 is 5.91 Å². The molecule has 25 heavy (non-hydrogen) atoms. The molecule has 0 saturated carbocycles. The molecule has 1 amide bonds. The molecule has 2 aliphatic rings. The lowest BCUT2D eigenvalue weighted by molar-refractivity contribution is 0.00584. The van der Waals surface area contributed by atoms with E-state index in [-0.39, 0.29) is 12.0 Å². The molecular formula is C19H28N2O4. The molecule has 2 fully saturated rings. The maximum absolute atomic E-state index is 12.4. The summed E-state index contributed by atoms with van der Waals surface area (Å²) in [5.41, 5.74) is 0.572. The van der Waals surface area contributed by atoms with E-state index in [0.29, 0.717) is 36.2 Å². The second kappa shape index (κ2) is 7.62. The number of piperidine rings is 1. The highest BCUT2D eigenvalue weighted by Crippen LogP contribution is 2.31. The molecule has 0 radical (unpaired) electrons. The lowest BCUT2D eigenvalue weighted by Gasteiger charge is -2.36. The zero-order chi connectivity index (χ0) is 18.0. The van der Waals surface area contributed by atoms with Crippen LogP contribution < -0.4 is 9.47 Å². The Morgan fingerprint density at radius 1 is 1.20 bits per heavy atom. The Balaban J connectivity index is 1.67. The lowest BCUT2D eigenvalue weighted by Crippen LogP contribution is -2.53. The van der Waals surface area contributed by atoms with Gasteiger partial charge in [-0.1, -0.05) is 0 Å². The fourth-order valence-electron chi connectivity index (χ4n) is 3.40. The molecule has 1 aromatic rings. The highest BCUT2D eigenvalue weighted by molar-refractivity contribution is 5.95. The Kier molecular flexibility index (Phi) is 5.49. The summed E-state index contributed by atoms with van der Waals surface area (Å²) in [7, 11) is 1.61. The van der Waals surface area contributed by atoms with Crippen LogP contribution in [-0.4, -0.2) is 72.4 Å². The van der Waals surface area contributed by atoms with Gasteiger partial charge in [-0.25, -0.2) is 0 Å². The predicted molar refractivity (Wildman–Crippen MR) is 95.3 cm³/mol. The van der Waals surface area contributed by atoms with E-state index >= 15 is 0 Å². The van der Waals surface area contributed by atoms with E-state index in [1.807, 2.05) is 0 Å². The first-order valence-electron chi connectivity index (χ1n) is 9.04. The highest BCUT2D eigenvalue weighted by Gasteiger charge is 2.30. The number of nitrogens with zero attached hydrogens (tertiary/aromatic N) is 2. The number of aliphatic hydroxyl groups excluding tert-OH is 1. The molecular weight excluding hydrogens is 320 g/mol. The second-order valence-corrected chi connectivity index (χ2v) is 7.18. The third-order valence-corrected chi connectivity index (χ3v) is 5.06. The van der Waals surface area contributed by atoms with Crippen molar-refractivity contribution in [3.63, 3.8) is 0 Å². The van der Waals surface area contributed by atoms with Gasteiger partial charge in [-0.3, -0.25) is 4.79 Å². The van der Waals surface area contributed by atoms with Crippen molar-refractivity contribution in [2.45, 2.75) is 44.9 Å². The monoisotopic (exact) mass is 348 g/mol. The van der Waals surface area contributed by atoms with E-state index in [1.54, 1.807) is 30.2 Å². The van der Waals surface area contributed by atoms with Gasteiger partial charge in [-0.05, 0) is 44.9 Å². The summed E-state index contributed by atoms with van der Waals surface area (Å²) in [5.74, 6) is 1.19. The van der Waals surface area contributed by atoms with Crippen molar-refractivity contribution in [2.75, 3.05) is 33.3 Å². The van der Waals surface area contributed by atoms with Crippen LogP contribution in [0, 0.1) is 0 Å². The molecule has 0 aromatic heterocycles. The van der Waals surface area contributed by atoms with Gasteiger partial charge < -0.3 is 24.4 Å². The number of β-amino-alcohol motifs (C(OH)–C–C–N with tert-alkyl or cyclic N) is 1. The molecule has 138 valence electrons. The summed E-state index contributed by atoms with van der Waals surface area (Å²) in [6.45, 7) is 7.27. The molecule has 0 bridgehead atoms. The Morgan fingerprint density at radius 2 is 1.88 bits per heavy atom. The fraction of sp³-hybridized carbons (Fsp3) is 0.632. The summed E-state index contributed by atoms with van der Waals surface area (Å²) < 4.78 is 11.6. The molecule has 2 saturated heterocycles. The summed E-state index contributed by atoms with van der Waals surface area (Å²) in [6, 6.07) is 5.85. The first-order valence-corrected chi connectivity index (χ1v) is 9.04. The van der Waals surface area contributed by atoms with E-state index < -0.39 is 6.10 Å². The molecule has 1 aromatic carbocycles. The standard InChI is InChI=1S/C19H28N2O4/c1-13(2)20-8-6-16(7-9-20)25-18-10-14(4-5-17(18)24-3)19(23)21-11-15(22)12-21/h4-5,10,13,15-16,22H,6-9,11-12H2,1-3H3. The van der Waals surface area contributed by atoms with E-state index in [2.05, 4.69) is 18.7 Å². The first kappa shape index (κ1) is 18.0. The molecule has 6 nitrogen and oxygen atoms in total. The van der Waals surface area contributed by atoms with Gasteiger partial charge in [0.05, 0.1) is 13.2 Å². The van der Waals surface area contributed by atoms with Crippen molar-refractivity contribution in [3.05, 3.63) is 23.8 Å². The molecule has 0 aliphatic carbocycles. The largest absolute Gasteiger partial charge is 0.493 e. The van der Waals surface area contributed by atoms with Gasteiger partial charge in [0.1, 0.15) is 6.10 Å². The molecule has 2 heterocycles. The van der Waals surface area contributed by atoms with Gasteiger partial charge in [0, 0.05) is 37.8 Å². The van der Waals surface area contributed by atoms with Gasteiger partial charge >= 0.3 is 0 Å². The van der Waals surface area contributed by atoms with Gasteiger partial charge in [-0.2, -0.15) is 0 Å². The Bertz CT molecular complexity index is 605. The number of hydrogen-bond donors (Lipinski definition) is 1. The van der Waals surface area contributed by atoms with Crippen LogP contribution in [0.4, 0.5) is 0 Å². The van der Waals surface area contributed by atoms with Crippen LogP contribution in [0.15, 0.2) is 18.2 Å². The number of methoxy groups -OCH3 is 1. The van der Waals surface area contributed by atoms with E-state index in [1.165, 1.54) is 0 Å². The number of benzene rings is 1. The molecule has 2 aliphatic heterocycles. The second-order valence-electron chi connectivity index (χ2n) is 7.18. The zero-order valence-corrected chi connectivity index (χ0v) is 15.3. The van der Waals surface area contributed by atoms with Crippen LogP contribution in [0.5, 0.6) is 11.5 Å². The minimum Gasteiger partial charge on any atom is -0.493 e. The SMILES string of the molecule is COc1ccc(C(=O)N2CC(O)C2)cc1OC1CCN(C(C)C)CC1. The zero-order valence-electron chi connectivity index (χ0n) is 15.3. The van der Waals surface area contributed by atoms with Crippen molar-refractivity contribution in [3.8, 4) is 11.5 Å². The van der Waals surface area contributed by atoms with E-state index in [4.69, 9.17) is 9.47 Å². The van der Waals surface area contributed by atoms with Crippen LogP contribution in [0.1, 0.15) is 37.0 Å². The average Bonchev–Trinajstić information content (AvgIpc) is 2.59. The summed E-state index contributed by atoms with van der Waals surface area (Å²) in [4.78, 5) is 16.5. The van der Waals surface area contributed by atoms with Gasteiger partial charge in [0.25, 0.3) is 5.91 Å². The summed E-state index contributed by atoms with van der Waals surface area (Å²) in [5, 5.41) is 9.39. The summed E-state index contributed by atoms with van der Waals surface area (Å²) in [6.07, 6.45) is 1.68. The first-order chi connectivity index (χ1) is 12.0. The van der Waals surface area contributed by atoms with Crippen LogP contribution >= 0.6 is 0 Å². The molecule has 0 spiro atoms. The number of rotatable bonds is 5. The average molecular weight is 348 g/mol. The minimum absolute atomic E-state index is 0.0765. The van der Waals surface area contributed by atoms with Crippen LogP contribution in [0.3, 0.4) is 0 Å². The molecule has 3 rings (SSSR count). The third kappa shape index (κ3) is 4.07. The number of amides is 1. The van der Waals surface area contributed by atoms with E-state index in [9.17, 15) is 9.90 Å². The number of aliphatic hydroxyl groups is 1. The quantitative estimate of drug-likeness (QED) is 0.879. The fourth-order valence-corrected chi connectivity index (χ4v) is 3.40. The number of likely N-dealkylation sites (tertiary alicyclic amines) is 2. The van der Waals surface area contributed by atoms with Crippen molar-refractivity contribution in [2.24, 2.45) is 0 Å². The van der Waals surface area contributed by atoms with Crippen molar-refractivity contribution in [1.82, 2.24) is 9.80 Å². The maximum Gasteiger partial charge on any atom is 0.254 e. The number of hydrogen-bond acceptors (Lipinski definition) is 5. The minimum atomic E-state index is -0.399. The lowest BCUT2D eigenvalue weighted by atomic mass is 10.1. The molecule has 6 heteroatoms. The van der Waals surface area contributed by atoms with Crippen LogP contribution in [0.25, 0.3) is 0 Å². The maximum atomic E-state index is 12.4. The number of carbonyl (C=O) groups is 1. The van der Waals surface area contributed by atoms with Gasteiger partial charge in [0.2, 0.25) is 0 Å². The molecule has 1 N–H and O–H groups in total. The smallest absolute Gasteiger partial charge is 0.254 e. The highest BCUT2D eigenvalue weighted by atomic mass is 16.5. The van der Waals surface area contributed by atoms with Crippen molar-refractivity contribution < 1.29 is 19.4 Å². The summed E-state index contributed by atoms with van der Waals surface area (Å²) >= 11 is 0. The van der Waals surface area contributed by atoms with Crippen molar-refractivity contribution in [1.29, 1.82) is 0 Å². The molecule has 0 atom stereocenters. The Hall–Kier alpha value is -1.79. The van der Waals surface area contributed by atoms with Gasteiger partial charge in [-0.15, -0.1) is 0 Å². The Morgan fingerprint density at radius 3 is 2.44 bits per heavy atom. The topological polar surface area (TPSA) is 62.2 Å². The Labute approximate surface area is 149 Å². The molecule has 0 unspecified atom stereocenters. The number of ether oxygens (including phenoxy) is 2.